The zero-order valence-electron chi connectivity index (χ0n) is 9.40. The van der Waals surface area contributed by atoms with Crippen LogP contribution in [0.5, 0.6) is 0 Å². The Morgan fingerprint density at radius 1 is 1.00 bits per heavy atom. The highest BCUT2D eigenvalue weighted by Crippen LogP contribution is 2.36. The molecule has 0 radical (unpaired) electrons. The first-order valence-corrected chi connectivity index (χ1v) is 6.55. The van der Waals surface area contributed by atoms with Crippen molar-refractivity contribution in [3.05, 3.63) is 69.7 Å². The Balaban J connectivity index is 2.11. The van der Waals surface area contributed by atoms with Crippen molar-refractivity contribution in [2.24, 2.45) is 0 Å². The lowest BCUT2D eigenvalue weighted by atomic mass is 9.87. The summed E-state index contributed by atoms with van der Waals surface area (Å²) >= 11 is 3.66. The van der Waals surface area contributed by atoms with Crippen LogP contribution >= 0.6 is 15.9 Å². The molecule has 86 valence electrons. The predicted molar refractivity (Wildman–Crippen MR) is 72.1 cm³/mol. The minimum Gasteiger partial charge on any atom is -0.376 e. The second-order valence-electron chi connectivity index (χ2n) is 4.29. The molecule has 0 fully saturated rings. The highest BCUT2D eigenvalue weighted by Gasteiger charge is 2.24. The van der Waals surface area contributed by atoms with Gasteiger partial charge in [-0.15, -0.1) is 0 Å². The van der Waals surface area contributed by atoms with E-state index in [9.17, 15) is 0 Å². The summed E-state index contributed by atoms with van der Waals surface area (Å²) in [6.45, 7) is 1.48. The zero-order valence-corrected chi connectivity index (χ0v) is 11.0. The zero-order chi connectivity index (χ0) is 11.7. The average Bonchev–Trinajstić information content (AvgIpc) is 2.39. The first-order valence-electron chi connectivity index (χ1n) is 5.76. The molecule has 1 unspecified atom stereocenters. The van der Waals surface area contributed by atoms with Crippen LogP contribution in [0.3, 0.4) is 0 Å². The summed E-state index contributed by atoms with van der Waals surface area (Å²) in [5, 5.41) is 0. The number of ether oxygens (including phenoxy) is 1. The molecule has 2 aromatic carbocycles. The molecule has 1 atom stereocenters. The second kappa shape index (κ2) is 4.63. The number of hydrogen-bond acceptors (Lipinski definition) is 1. The van der Waals surface area contributed by atoms with Crippen LogP contribution in [0.4, 0.5) is 0 Å². The summed E-state index contributed by atoms with van der Waals surface area (Å²) in [4.78, 5) is 0. The van der Waals surface area contributed by atoms with Crippen molar-refractivity contribution in [1.82, 2.24) is 0 Å². The van der Waals surface area contributed by atoms with E-state index >= 15 is 0 Å². The SMILES string of the molecule is Brc1cccc2c1C(c1ccccc1)COC2. The van der Waals surface area contributed by atoms with Crippen molar-refractivity contribution < 1.29 is 4.74 Å². The molecule has 1 nitrogen and oxygen atoms in total. The van der Waals surface area contributed by atoms with Gasteiger partial charge in [0.2, 0.25) is 0 Å². The molecule has 1 aliphatic rings. The standard InChI is InChI=1S/C15H13BrO/c16-14-8-4-7-12-9-17-10-13(15(12)14)11-5-2-1-3-6-11/h1-8,13H,9-10H2. The van der Waals surface area contributed by atoms with Crippen molar-refractivity contribution in [3.63, 3.8) is 0 Å². The Morgan fingerprint density at radius 3 is 2.65 bits per heavy atom. The summed E-state index contributed by atoms with van der Waals surface area (Å²) < 4.78 is 6.88. The van der Waals surface area contributed by atoms with Crippen LogP contribution in [0.2, 0.25) is 0 Å². The number of fused-ring (bicyclic) bond motifs is 1. The van der Waals surface area contributed by atoms with E-state index in [0.717, 1.165) is 13.2 Å². The minimum absolute atomic E-state index is 0.343. The first kappa shape index (κ1) is 11.0. The molecule has 17 heavy (non-hydrogen) atoms. The molecule has 2 aromatic rings. The van der Waals surface area contributed by atoms with Crippen molar-refractivity contribution >= 4 is 15.9 Å². The van der Waals surface area contributed by atoms with E-state index in [2.05, 4.69) is 58.4 Å². The summed E-state index contributed by atoms with van der Waals surface area (Å²) in [7, 11) is 0. The van der Waals surface area contributed by atoms with Crippen molar-refractivity contribution in [1.29, 1.82) is 0 Å². The lowest BCUT2D eigenvalue weighted by Crippen LogP contribution is -2.18. The van der Waals surface area contributed by atoms with Gasteiger partial charge in [0.05, 0.1) is 13.2 Å². The fourth-order valence-corrected chi connectivity index (χ4v) is 3.10. The molecular weight excluding hydrogens is 276 g/mol. The molecule has 0 aliphatic carbocycles. The number of halogens is 1. The van der Waals surface area contributed by atoms with E-state index in [4.69, 9.17) is 4.74 Å². The van der Waals surface area contributed by atoms with Gasteiger partial charge in [-0.25, -0.2) is 0 Å². The third-order valence-electron chi connectivity index (χ3n) is 3.24. The summed E-state index contributed by atoms with van der Waals surface area (Å²) in [5.41, 5.74) is 3.99. The third kappa shape index (κ3) is 2.03. The molecule has 2 heteroatoms. The molecule has 0 saturated heterocycles. The summed E-state index contributed by atoms with van der Waals surface area (Å²) in [6.07, 6.45) is 0. The molecule has 0 bridgehead atoms. The molecular formula is C15H13BrO. The van der Waals surface area contributed by atoms with Gasteiger partial charge in [-0.2, -0.15) is 0 Å². The Hall–Kier alpha value is -1.12. The average molecular weight is 289 g/mol. The van der Waals surface area contributed by atoms with Crippen molar-refractivity contribution in [2.45, 2.75) is 12.5 Å². The van der Waals surface area contributed by atoms with E-state index in [1.165, 1.54) is 21.2 Å². The fourth-order valence-electron chi connectivity index (χ4n) is 2.42. The second-order valence-corrected chi connectivity index (χ2v) is 5.15. The van der Waals surface area contributed by atoms with Crippen LogP contribution < -0.4 is 0 Å². The van der Waals surface area contributed by atoms with E-state index in [1.807, 2.05) is 6.07 Å². The van der Waals surface area contributed by atoms with Crippen LogP contribution in [0, 0.1) is 0 Å². The van der Waals surface area contributed by atoms with Gasteiger partial charge in [0, 0.05) is 10.4 Å². The van der Waals surface area contributed by atoms with Gasteiger partial charge in [0.1, 0.15) is 0 Å². The van der Waals surface area contributed by atoms with E-state index in [1.54, 1.807) is 0 Å². The molecule has 0 spiro atoms. The van der Waals surface area contributed by atoms with Crippen LogP contribution in [0.25, 0.3) is 0 Å². The van der Waals surface area contributed by atoms with E-state index in [0.29, 0.717) is 5.92 Å². The Bertz CT molecular complexity index is 522. The molecule has 1 aliphatic heterocycles. The molecule has 3 rings (SSSR count). The Kier molecular flexibility index (Phi) is 3.00. The van der Waals surface area contributed by atoms with Crippen molar-refractivity contribution in [2.75, 3.05) is 6.61 Å². The van der Waals surface area contributed by atoms with Crippen molar-refractivity contribution in [3.8, 4) is 0 Å². The van der Waals surface area contributed by atoms with Crippen LogP contribution in [-0.2, 0) is 11.3 Å². The van der Waals surface area contributed by atoms with Gasteiger partial charge in [-0.05, 0) is 22.8 Å². The maximum absolute atomic E-state index is 5.70. The number of benzene rings is 2. The molecule has 0 saturated carbocycles. The number of rotatable bonds is 1. The Morgan fingerprint density at radius 2 is 1.82 bits per heavy atom. The smallest absolute Gasteiger partial charge is 0.0720 e. The molecule has 1 heterocycles. The largest absolute Gasteiger partial charge is 0.376 e. The maximum Gasteiger partial charge on any atom is 0.0720 e. The molecule has 0 aromatic heterocycles. The van der Waals surface area contributed by atoms with Gasteiger partial charge in [-0.1, -0.05) is 58.4 Å². The fraction of sp³-hybridized carbons (Fsp3) is 0.200. The van der Waals surface area contributed by atoms with Crippen LogP contribution in [-0.4, -0.2) is 6.61 Å². The van der Waals surface area contributed by atoms with Crippen LogP contribution in [0.1, 0.15) is 22.6 Å². The van der Waals surface area contributed by atoms with Gasteiger partial charge in [0.15, 0.2) is 0 Å². The monoisotopic (exact) mass is 288 g/mol. The third-order valence-corrected chi connectivity index (χ3v) is 3.93. The highest BCUT2D eigenvalue weighted by molar-refractivity contribution is 9.10. The number of hydrogen-bond donors (Lipinski definition) is 0. The van der Waals surface area contributed by atoms with Gasteiger partial charge < -0.3 is 4.74 Å². The van der Waals surface area contributed by atoms with Gasteiger partial charge >= 0.3 is 0 Å². The van der Waals surface area contributed by atoms with Crippen LogP contribution in [0.15, 0.2) is 53.0 Å². The van der Waals surface area contributed by atoms with E-state index < -0.39 is 0 Å². The first-order chi connectivity index (χ1) is 8.36. The highest BCUT2D eigenvalue weighted by atomic mass is 79.9. The van der Waals surface area contributed by atoms with E-state index in [-0.39, 0.29) is 0 Å². The lowest BCUT2D eigenvalue weighted by Gasteiger charge is -2.27. The predicted octanol–water partition coefficient (Wildman–Crippen LogP) is 4.11. The molecule has 0 N–H and O–H groups in total. The summed E-state index contributed by atoms with van der Waals surface area (Å²) in [6, 6.07) is 16.9. The molecule has 0 amide bonds. The van der Waals surface area contributed by atoms with Gasteiger partial charge in [0.25, 0.3) is 0 Å². The maximum atomic E-state index is 5.70. The minimum atomic E-state index is 0.343. The summed E-state index contributed by atoms with van der Waals surface area (Å²) in [5.74, 6) is 0.343. The van der Waals surface area contributed by atoms with Gasteiger partial charge in [-0.3, -0.25) is 0 Å². The lowest BCUT2D eigenvalue weighted by molar-refractivity contribution is 0.0991. The Labute approximate surface area is 110 Å². The quantitative estimate of drug-likeness (QED) is 0.767. The normalized spacial score (nSPS) is 18.8. The topological polar surface area (TPSA) is 9.23 Å².